The van der Waals surface area contributed by atoms with Gasteiger partial charge in [-0.05, 0) is 45.2 Å². The van der Waals surface area contributed by atoms with Crippen molar-refractivity contribution in [1.82, 2.24) is 5.32 Å². The van der Waals surface area contributed by atoms with Crippen LogP contribution in [0.3, 0.4) is 0 Å². The lowest BCUT2D eigenvalue weighted by Gasteiger charge is -2.22. The molecule has 2 atom stereocenters. The largest absolute Gasteiger partial charge is 0.316 e. The molecule has 0 radical (unpaired) electrons. The zero-order valence-corrected chi connectivity index (χ0v) is 6.57. The van der Waals surface area contributed by atoms with Crippen molar-refractivity contribution in [2.75, 3.05) is 13.1 Å². The third-order valence-electron chi connectivity index (χ3n) is 2.06. The van der Waals surface area contributed by atoms with E-state index in [4.69, 9.17) is 0 Å². The summed E-state index contributed by atoms with van der Waals surface area (Å²) in [6.07, 6.45) is 2.55. The van der Waals surface area contributed by atoms with Crippen LogP contribution in [0.15, 0.2) is 0 Å². The van der Waals surface area contributed by atoms with E-state index in [0.717, 1.165) is 19.5 Å². The molecule has 2 unspecified atom stereocenters. The third kappa shape index (κ3) is 2.65. The van der Waals surface area contributed by atoms with E-state index in [1.807, 2.05) is 0 Å². The van der Waals surface area contributed by atoms with Crippen LogP contribution in [-0.4, -0.2) is 19.3 Å². The van der Waals surface area contributed by atoms with E-state index >= 15 is 0 Å². The smallest absolute Gasteiger partial charge is 0.0976 e. The first-order valence-electron chi connectivity index (χ1n) is 4.14. The molecule has 0 aliphatic carbocycles. The van der Waals surface area contributed by atoms with Gasteiger partial charge in [0.15, 0.2) is 0 Å². The number of nitrogens with one attached hydrogen (secondary N) is 1. The lowest BCUT2D eigenvalue weighted by Crippen LogP contribution is -2.30. The first-order valence-corrected chi connectivity index (χ1v) is 4.14. The molecule has 60 valence electrons. The summed E-state index contributed by atoms with van der Waals surface area (Å²) in [5, 5.41) is 3.27. The maximum absolute atomic E-state index is 12.5. The Morgan fingerprint density at radius 1 is 1.70 bits per heavy atom. The molecule has 0 aromatic rings. The second-order valence-corrected chi connectivity index (χ2v) is 3.23. The molecule has 1 fully saturated rings. The van der Waals surface area contributed by atoms with Crippen LogP contribution in [0.5, 0.6) is 0 Å². The molecule has 1 saturated heterocycles. The second kappa shape index (κ2) is 3.91. The number of alkyl halides is 1. The van der Waals surface area contributed by atoms with Crippen molar-refractivity contribution >= 4 is 0 Å². The van der Waals surface area contributed by atoms with Crippen molar-refractivity contribution in [3.63, 3.8) is 0 Å². The van der Waals surface area contributed by atoms with Gasteiger partial charge in [-0.15, -0.1) is 0 Å². The molecule has 1 N–H and O–H groups in total. The van der Waals surface area contributed by atoms with Crippen LogP contribution in [0.2, 0.25) is 0 Å². The normalized spacial score (nSPS) is 30.0. The quantitative estimate of drug-likeness (QED) is 0.624. The number of halogens is 1. The number of hydrogen-bond donors (Lipinski definition) is 1. The maximum atomic E-state index is 12.5. The fourth-order valence-electron chi connectivity index (χ4n) is 1.58. The molecular weight excluding hydrogens is 129 g/mol. The van der Waals surface area contributed by atoms with E-state index < -0.39 is 6.17 Å². The minimum atomic E-state index is -0.620. The summed E-state index contributed by atoms with van der Waals surface area (Å²) >= 11 is 0. The van der Waals surface area contributed by atoms with E-state index in [-0.39, 0.29) is 0 Å². The summed E-state index contributed by atoms with van der Waals surface area (Å²) < 4.78 is 12.5. The zero-order valence-electron chi connectivity index (χ0n) is 6.57. The van der Waals surface area contributed by atoms with Gasteiger partial charge < -0.3 is 5.32 Å². The molecule has 0 saturated carbocycles. The summed E-state index contributed by atoms with van der Waals surface area (Å²) in [5.74, 6) is 0.591. The van der Waals surface area contributed by atoms with Gasteiger partial charge in [-0.2, -0.15) is 0 Å². The molecule has 0 aromatic carbocycles. The standard InChI is InChI=1S/C8H16FN/c1-7(9)5-8-3-2-4-10-6-8/h7-8,10H,2-6H2,1H3. The van der Waals surface area contributed by atoms with Gasteiger partial charge in [-0.25, -0.2) is 4.39 Å². The highest BCUT2D eigenvalue weighted by Crippen LogP contribution is 2.16. The molecule has 10 heavy (non-hydrogen) atoms. The Bertz CT molecular complexity index is 87.3. The Balaban J connectivity index is 2.13. The summed E-state index contributed by atoms with van der Waals surface area (Å²) in [6.45, 7) is 3.79. The van der Waals surface area contributed by atoms with E-state index in [9.17, 15) is 4.39 Å². The van der Waals surface area contributed by atoms with Crippen molar-refractivity contribution in [2.24, 2.45) is 5.92 Å². The van der Waals surface area contributed by atoms with Crippen molar-refractivity contribution in [1.29, 1.82) is 0 Å². The molecule has 0 bridgehead atoms. The summed E-state index contributed by atoms with van der Waals surface area (Å²) in [4.78, 5) is 0. The summed E-state index contributed by atoms with van der Waals surface area (Å²) in [7, 11) is 0. The SMILES string of the molecule is CC(F)CC1CCCNC1. The molecule has 1 rings (SSSR count). The first-order chi connectivity index (χ1) is 4.79. The fourth-order valence-corrected chi connectivity index (χ4v) is 1.58. The molecule has 0 amide bonds. The van der Waals surface area contributed by atoms with Gasteiger partial charge in [-0.3, -0.25) is 0 Å². The first kappa shape index (κ1) is 7.99. The molecule has 0 spiro atoms. The van der Waals surface area contributed by atoms with Crippen LogP contribution < -0.4 is 5.32 Å². The monoisotopic (exact) mass is 145 g/mol. The summed E-state index contributed by atoms with van der Waals surface area (Å²) in [5.41, 5.74) is 0. The van der Waals surface area contributed by atoms with E-state index in [1.165, 1.54) is 12.8 Å². The second-order valence-electron chi connectivity index (χ2n) is 3.23. The van der Waals surface area contributed by atoms with Crippen molar-refractivity contribution < 1.29 is 4.39 Å². The average molecular weight is 145 g/mol. The van der Waals surface area contributed by atoms with Crippen LogP contribution in [0.1, 0.15) is 26.2 Å². The highest BCUT2D eigenvalue weighted by Gasteiger charge is 2.14. The molecule has 2 heteroatoms. The van der Waals surface area contributed by atoms with Gasteiger partial charge in [0, 0.05) is 0 Å². The van der Waals surface area contributed by atoms with Gasteiger partial charge in [0.25, 0.3) is 0 Å². The van der Waals surface area contributed by atoms with Crippen molar-refractivity contribution in [3.8, 4) is 0 Å². The maximum Gasteiger partial charge on any atom is 0.0976 e. The molecule has 0 aromatic heterocycles. The van der Waals surface area contributed by atoms with E-state index in [1.54, 1.807) is 6.92 Å². The van der Waals surface area contributed by atoms with Crippen LogP contribution in [0, 0.1) is 5.92 Å². The third-order valence-corrected chi connectivity index (χ3v) is 2.06. The Morgan fingerprint density at radius 3 is 3.00 bits per heavy atom. The predicted molar refractivity (Wildman–Crippen MR) is 40.8 cm³/mol. The van der Waals surface area contributed by atoms with Gasteiger partial charge in [-0.1, -0.05) is 0 Å². The number of rotatable bonds is 2. The molecule has 1 aliphatic rings. The van der Waals surface area contributed by atoms with Crippen LogP contribution in [0.25, 0.3) is 0 Å². The topological polar surface area (TPSA) is 12.0 Å². The molecule has 1 heterocycles. The Kier molecular flexibility index (Phi) is 3.13. The Labute approximate surface area is 62.0 Å². The minimum Gasteiger partial charge on any atom is -0.316 e. The highest BCUT2D eigenvalue weighted by molar-refractivity contribution is 4.70. The highest BCUT2D eigenvalue weighted by atomic mass is 19.1. The predicted octanol–water partition coefficient (Wildman–Crippen LogP) is 1.73. The van der Waals surface area contributed by atoms with Gasteiger partial charge >= 0.3 is 0 Å². The molecule has 1 aliphatic heterocycles. The van der Waals surface area contributed by atoms with Crippen LogP contribution >= 0.6 is 0 Å². The molecular formula is C8H16FN. The Morgan fingerprint density at radius 2 is 2.50 bits per heavy atom. The number of piperidine rings is 1. The summed E-state index contributed by atoms with van der Waals surface area (Å²) in [6, 6.07) is 0. The van der Waals surface area contributed by atoms with Crippen molar-refractivity contribution in [2.45, 2.75) is 32.4 Å². The minimum absolute atomic E-state index is 0.591. The lowest BCUT2D eigenvalue weighted by atomic mass is 9.94. The van der Waals surface area contributed by atoms with Gasteiger partial charge in [0.1, 0.15) is 0 Å². The average Bonchev–Trinajstić information content (AvgIpc) is 1.88. The fraction of sp³-hybridized carbons (Fsp3) is 1.00. The van der Waals surface area contributed by atoms with E-state index in [2.05, 4.69) is 5.32 Å². The lowest BCUT2D eigenvalue weighted by molar-refractivity contribution is 0.255. The molecule has 1 nitrogen and oxygen atoms in total. The number of hydrogen-bond acceptors (Lipinski definition) is 1. The van der Waals surface area contributed by atoms with Crippen molar-refractivity contribution in [3.05, 3.63) is 0 Å². The Hall–Kier alpha value is -0.110. The van der Waals surface area contributed by atoms with Gasteiger partial charge in [0.2, 0.25) is 0 Å². The zero-order chi connectivity index (χ0) is 7.40. The van der Waals surface area contributed by atoms with Crippen LogP contribution in [0.4, 0.5) is 4.39 Å². The van der Waals surface area contributed by atoms with E-state index in [0.29, 0.717) is 5.92 Å². The van der Waals surface area contributed by atoms with Crippen LogP contribution in [-0.2, 0) is 0 Å². The van der Waals surface area contributed by atoms with Gasteiger partial charge in [0.05, 0.1) is 6.17 Å².